The van der Waals surface area contributed by atoms with Gasteiger partial charge in [-0.2, -0.15) is 0 Å². The minimum atomic E-state index is -1.16. The van der Waals surface area contributed by atoms with Crippen LogP contribution in [0.4, 0.5) is 13.2 Å². The maximum atomic E-state index is 13.7. The lowest BCUT2D eigenvalue weighted by atomic mass is 9.85. The van der Waals surface area contributed by atoms with Crippen molar-refractivity contribution in [2.24, 2.45) is 0 Å². The maximum Gasteiger partial charge on any atom is 0.161 e. The molecule has 2 aromatic rings. The van der Waals surface area contributed by atoms with Crippen molar-refractivity contribution in [2.75, 3.05) is 26.2 Å². The molecule has 0 spiro atoms. The minimum Gasteiger partial charge on any atom is -0.494 e. The highest BCUT2D eigenvalue weighted by atomic mass is 19.2. The SMILES string of the molecule is CC1=C(CN2CCC2)CCc2cc(OCCCc3cc(F)c(F)cc3F)ccc21. The van der Waals surface area contributed by atoms with Crippen molar-refractivity contribution in [2.45, 2.75) is 39.0 Å². The third-order valence-electron chi connectivity index (χ3n) is 6.02. The first-order valence-electron chi connectivity index (χ1n) is 10.3. The average Bonchev–Trinajstić information content (AvgIpc) is 2.67. The molecule has 0 atom stereocenters. The summed E-state index contributed by atoms with van der Waals surface area (Å²) in [5, 5.41) is 0. The molecule has 0 saturated carbocycles. The first-order chi connectivity index (χ1) is 14.0. The standard InChI is InChI=1S/C24H26F3NO/c1-16-19(15-28-9-3-10-28)6-5-17-12-20(7-8-21(16)17)29-11-2-4-18-13-23(26)24(27)14-22(18)25/h7-8,12-14H,2-6,9-11,15H2,1H3. The Kier molecular flexibility index (Phi) is 5.95. The summed E-state index contributed by atoms with van der Waals surface area (Å²) < 4.78 is 45.8. The van der Waals surface area contributed by atoms with E-state index >= 15 is 0 Å². The highest BCUT2D eigenvalue weighted by Gasteiger charge is 2.21. The molecule has 0 N–H and O–H groups in total. The van der Waals surface area contributed by atoms with Crippen LogP contribution in [0.1, 0.15) is 42.9 Å². The monoisotopic (exact) mass is 401 g/mol. The topological polar surface area (TPSA) is 12.5 Å². The van der Waals surface area contributed by atoms with Gasteiger partial charge in [0.15, 0.2) is 11.6 Å². The van der Waals surface area contributed by atoms with Crippen LogP contribution in [0, 0.1) is 17.5 Å². The summed E-state index contributed by atoms with van der Waals surface area (Å²) in [5.74, 6) is -2.09. The number of nitrogens with zero attached hydrogens (tertiary/aromatic N) is 1. The summed E-state index contributed by atoms with van der Waals surface area (Å²) in [5.41, 5.74) is 5.72. The Hall–Kier alpha value is -2.27. The predicted octanol–water partition coefficient (Wildman–Crippen LogP) is 5.54. The van der Waals surface area contributed by atoms with Crippen molar-refractivity contribution in [3.05, 3.63) is 70.0 Å². The molecule has 154 valence electrons. The molecule has 2 aliphatic rings. The van der Waals surface area contributed by atoms with Gasteiger partial charge < -0.3 is 4.74 Å². The van der Waals surface area contributed by atoms with E-state index < -0.39 is 17.5 Å². The number of hydrogen-bond acceptors (Lipinski definition) is 2. The summed E-state index contributed by atoms with van der Waals surface area (Å²) in [4.78, 5) is 2.50. The Balaban J connectivity index is 1.33. The zero-order valence-corrected chi connectivity index (χ0v) is 16.7. The summed E-state index contributed by atoms with van der Waals surface area (Å²) >= 11 is 0. The van der Waals surface area contributed by atoms with Crippen LogP contribution in [-0.2, 0) is 12.8 Å². The Morgan fingerprint density at radius 2 is 1.76 bits per heavy atom. The van der Waals surface area contributed by atoms with Crippen LogP contribution in [0.5, 0.6) is 5.75 Å². The van der Waals surface area contributed by atoms with Gasteiger partial charge in [-0.25, -0.2) is 13.2 Å². The highest BCUT2D eigenvalue weighted by molar-refractivity contribution is 5.72. The smallest absolute Gasteiger partial charge is 0.161 e. The van der Waals surface area contributed by atoms with E-state index in [-0.39, 0.29) is 5.56 Å². The Bertz CT molecular complexity index is 934. The van der Waals surface area contributed by atoms with Crippen LogP contribution >= 0.6 is 0 Å². The molecule has 29 heavy (non-hydrogen) atoms. The molecule has 1 heterocycles. The van der Waals surface area contributed by atoms with Crippen molar-refractivity contribution in [3.63, 3.8) is 0 Å². The summed E-state index contributed by atoms with van der Waals surface area (Å²) in [7, 11) is 0. The molecule has 0 unspecified atom stereocenters. The van der Waals surface area contributed by atoms with E-state index in [1.807, 2.05) is 6.07 Å². The van der Waals surface area contributed by atoms with Crippen molar-refractivity contribution in [1.82, 2.24) is 4.90 Å². The van der Waals surface area contributed by atoms with Gasteiger partial charge >= 0.3 is 0 Å². The van der Waals surface area contributed by atoms with Gasteiger partial charge in [-0.05, 0) is 92.6 Å². The third-order valence-corrected chi connectivity index (χ3v) is 6.02. The fraction of sp³-hybridized carbons (Fsp3) is 0.417. The van der Waals surface area contributed by atoms with Gasteiger partial charge in [0.1, 0.15) is 11.6 Å². The number of likely N-dealkylation sites (tertiary alicyclic amines) is 1. The first-order valence-corrected chi connectivity index (χ1v) is 10.3. The fourth-order valence-corrected chi connectivity index (χ4v) is 4.11. The predicted molar refractivity (Wildman–Crippen MR) is 109 cm³/mol. The minimum absolute atomic E-state index is 0.174. The molecule has 0 amide bonds. The van der Waals surface area contributed by atoms with E-state index in [9.17, 15) is 13.2 Å². The lowest BCUT2D eigenvalue weighted by molar-refractivity contribution is 0.197. The Morgan fingerprint density at radius 3 is 2.52 bits per heavy atom. The molecule has 1 aliphatic carbocycles. The van der Waals surface area contributed by atoms with E-state index in [1.165, 1.54) is 36.2 Å². The van der Waals surface area contributed by atoms with Gasteiger partial charge in [0.2, 0.25) is 0 Å². The maximum absolute atomic E-state index is 13.7. The lowest BCUT2D eigenvalue weighted by Gasteiger charge is -2.33. The van der Waals surface area contributed by atoms with Gasteiger partial charge in [0.25, 0.3) is 0 Å². The molecule has 2 nitrogen and oxygen atoms in total. The zero-order valence-electron chi connectivity index (χ0n) is 16.7. The van der Waals surface area contributed by atoms with Gasteiger partial charge in [0.05, 0.1) is 6.61 Å². The molecule has 0 radical (unpaired) electrons. The van der Waals surface area contributed by atoms with Crippen molar-refractivity contribution in [1.29, 1.82) is 0 Å². The number of rotatable bonds is 7. The van der Waals surface area contributed by atoms with E-state index in [2.05, 4.69) is 24.0 Å². The van der Waals surface area contributed by atoms with Crippen LogP contribution < -0.4 is 4.74 Å². The van der Waals surface area contributed by atoms with Crippen molar-refractivity contribution >= 4 is 5.57 Å². The lowest BCUT2D eigenvalue weighted by Crippen LogP contribution is -2.38. The molecule has 4 rings (SSSR count). The molecule has 0 aromatic heterocycles. The van der Waals surface area contributed by atoms with Crippen LogP contribution in [0.3, 0.4) is 0 Å². The zero-order chi connectivity index (χ0) is 20.4. The molecule has 1 aliphatic heterocycles. The molecular formula is C24H26F3NO. The molecular weight excluding hydrogens is 375 g/mol. The summed E-state index contributed by atoms with van der Waals surface area (Å²) in [6.07, 6.45) is 4.25. The van der Waals surface area contributed by atoms with Crippen LogP contribution in [-0.4, -0.2) is 31.1 Å². The number of halogens is 3. The second-order valence-corrected chi connectivity index (χ2v) is 7.99. The number of hydrogen-bond donors (Lipinski definition) is 0. The Labute approximate surface area is 170 Å². The van der Waals surface area contributed by atoms with Gasteiger partial charge in [0, 0.05) is 12.6 Å². The summed E-state index contributed by atoms with van der Waals surface area (Å²) in [6.45, 7) is 6.12. The highest BCUT2D eigenvalue weighted by Crippen LogP contribution is 2.34. The normalized spacial score (nSPS) is 16.6. The number of benzene rings is 2. The largest absolute Gasteiger partial charge is 0.494 e. The number of fused-ring (bicyclic) bond motifs is 1. The van der Waals surface area contributed by atoms with Crippen LogP contribution in [0.25, 0.3) is 5.57 Å². The second-order valence-electron chi connectivity index (χ2n) is 7.99. The molecule has 1 fully saturated rings. The van der Waals surface area contributed by atoms with Crippen molar-refractivity contribution in [3.8, 4) is 5.75 Å². The van der Waals surface area contributed by atoms with E-state index in [4.69, 9.17) is 4.74 Å². The molecule has 2 aromatic carbocycles. The van der Waals surface area contributed by atoms with E-state index in [1.54, 1.807) is 5.57 Å². The number of ether oxygens (including phenoxy) is 1. The fourth-order valence-electron chi connectivity index (χ4n) is 4.11. The second kappa shape index (κ2) is 8.62. The number of aryl methyl sites for hydroxylation is 2. The summed E-state index contributed by atoms with van der Waals surface area (Å²) in [6, 6.07) is 7.73. The van der Waals surface area contributed by atoms with E-state index in [0.717, 1.165) is 31.2 Å². The van der Waals surface area contributed by atoms with Gasteiger partial charge in [-0.3, -0.25) is 4.90 Å². The van der Waals surface area contributed by atoms with Crippen LogP contribution in [0.2, 0.25) is 0 Å². The number of allylic oxidation sites excluding steroid dienone is 1. The third kappa shape index (κ3) is 4.50. The van der Waals surface area contributed by atoms with Gasteiger partial charge in [-0.15, -0.1) is 0 Å². The quantitative estimate of drug-likeness (QED) is 0.446. The molecule has 0 bridgehead atoms. The Morgan fingerprint density at radius 1 is 0.966 bits per heavy atom. The van der Waals surface area contributed by atoms with Crippen molar-refractivity contribution < 1.29 is 17.9 Å². The molecule has 5 heteroatoms. The van der Waals surface area contributed by atoms with E-state index in [0.29, 0.717) is 25.5 Å². The average molecular weight is 401 g/mol. The first kappa shape index (κ1) is 20.0. The molecule has 1 saturated heterocycles. The van der Waals surface area contributed by atoms with Crippen LogP contribution in [0.15, 0.2) is 35.9 Å². The van der Waals surface area contributed by atoms with Gasteiger partial charge in [-0.1, -0.05) is 11.6 Å².